The van der Waals surface area contributed by atoms with Crippen LogP contribution in [0.25, 0.3) is 0 Å². The summed E-state index contributed by atoms with van der Waals surface area (Å²) in [5, 5.41) is 3.19. The Balaban J connectivity index is 0.00000242. The third-order valence-corrected chi connectivity index (χ3v) is 4.00. The molecule has 22 heavy (non-hydrogen) atoms. The number of halogens is 1. The van der Waals surface area contributed by atoms with E-state index in [0.29, 0.717) is 5.91 Å². The van der Waals surface area contributed by atoms with Crippen LogP contribution in [0.1, 0.15) is 12.0 Å². The Morgan fingerprint density at radius 1 is 1.14 bits per heavy atom. The maximum atomic E-state index is 12.4. The van der Waals surface area contributed by atoms with Crippen LogP contribution in [-0.2, 0) is 11.2 Å². The summed E-state index contributed by atoms with van der Waals surface area (Å²) in [6, 6.07) is 10.5. The first-order valence-corrected chi connectivity index (χ1v) is 7.85. The standard InChI is InChI=1S/C17H27N3O.ClH/c1-19(2)11-12-20(17(21)16-13-18-14-16)10-6-9-15-7-4-3-5-8-15;/h3-5,7-8,16,18H,6,9-14H2,1-2H3;1H. The van der Waals surface area contributed by atoms with Gasteiger partial charge in [-0.2, -0.15) is 0 Å². The summed E-state index contributed by atoms with van der Waals surface area (Å²) >= 11 is 0. The van der Waals surface area contributed by atoms with Crippen molar-refractivity contribution in [2.75, 3.05) is 46.8 Å². The van der Waals surface area contributed by atoms with Crippen molar-refractivity contribution in [1.82, 2.24) is 15.1 Å². The van der Waals surface area contributed by atoms with Crippen molar-refractivity contribution in [3.05, 3.63) is 35.9 Å². The van der Waals surface area contributed by atoms with Gasteiger partial charge in [-0.15, -0.1) is 12.4 Å². The first kappa shape index (κ1) is 18.9. The number of hydrogen-bond donors (Lipinski definition) is 1. The molecular weight excluding hydrogens is 298 g/mol. The zero-order valence-electron chi connectivity index (χ0n) is 13.6. The molecule has 0 spiro atoms. The highest BCUT2D eigenvalue weighted by molar-refractivity contribution is 5.85. The molecule has 0 radical (unpaired) electrons. The number of amides is 1. The van der Waals surface area contributed by atoms with Gasteiger partial charge in [0.15, 0.2) is 0 Å². The van der Waals surface area contributed by atoms with E-state index in [2.05, 4.69) is 53.5 Å². The lowest BCUT2D eigenvalue weighted by molar-refractivity contribution is -0.137. The summed E-state index contributed by atoms with van der Waals surface area (Å²) in [6.07, 6.45) is 2.07. The number of nitrogens with one attached hydrogen (secondary N) is 1. The van der Waals surface area contributed by atoms with Crippen molar-refractivity contribution >= 4 is 18.3 Å². The summed E-state index contributed by atoms with van der Waals surface area (Å²) < 4.78 is 0. The average Bonchev–Trinajstić information content (AvgIpc) is 2.41. The lowest BCUT2D eigenvalue weighted by atomic mass is 10.0. The van der Waals surface area contributed by atoms with E-state index in [1.165, 1.54) is 5.56 Å². The van der Waals surface area contributed by atoms with Gasteiger partial charge < -0.3 is 15.1 Å². The highest BCUT2D eigenvalue weighted by Gasteiger charge is 2.28. The second kappa shape index (κ2) is 9.82. The van der Waals surface area contributed by atoms with Crippen molar-refractivity contribution in [2.45, 2.75) is 12.8 Å². The average molecular weight is 326 g/mol. The van der Waals surface area contributed by atoms with Crippen molar-refractivity contribution in [3.63, 3.8) is 0 Å². The van der Waals surface area contributed by atoms with Gasteiger partial charge in [0.1, 0.15) is 0 Å². The van der Waals surface area contributed by atoms with E-state index in [1.807, 2.05) is 6.07 Å². The number of likely N-dealkylation sites (N-methyl/N-ethyl adjacent to an activating group) is 1. The Labute approximate surface area is 140 Å². The van der Waals surface area contributed by atoms with Crippen molar-refractivity contribution in [2.24, 2.45) is 5.92 Å². The molecule has 124 valence electrons. The van der Waals surface area contributed by atoms with E-state index in [1.54, 1.807) is 0 Å². The maximum absolute atomic E-state index is 12.4. The monoisotopic (exact) mass is 325 g/mol. The molecule has 0 atom stereocenters. The van der Waals surface area contributed by atoms with Gasteiger partial charge in [-0.05, 0) is 32.5 Å². The first-order chi connectivity index (χ1) is 10.2. The summed E-state index contributed by atoms with van der Waals surface area (Å²) in [4.78, 5) is 16.6. The molecule has 4 nitrogen and oxygen atoms in total. The van der Waals surface area contributed by atoms with E-state index in [9.17, 15) is 4.79 Å². The van der Waals surface area contributed by atoms with E-state index in [-0.39, 0.29) is 18.3 Å². The van der Waals surface area contributed by atoms with Gasteiger partial charge in [0.2, 0.25) is 5.91 Å². The van der Waals surface area contributed by atoms with Crippen LogP contribution in [0, 0.1) is 5.92 Å². The molecule has 5 heteroatoms. The number of aryl methyl sites for hydroxylation is 1. The van der Waals surface area contributed by atoms with Crippen LogP contribution < -0.4 is 5.32 Å². The number of benzene rings is 1. The Morgan fingerprint density at radius 2 is 1.82 bits per heavy atom. The molecule has 1 fully saturated rings. The molecule has 2 rings (SSSR count). The maximum Gasteiger partial charge on any atom is 0.228 e. The number of carbonyl (C=O) groups is 1. The third kappa shape index (κ3) is 5.95. The predicted octanol–water partition coefficient (Wildman–Crippen LogP) is 1.65. The summed E-state index contributed by atoms with van der Waals surface area (Å²) in [5.41, 5.74) is 1.35. The van der Waals surface area contributed by atoms with Crippen LogP contribution in [-0.4, -0.2) is 62.5 Å². The second-order valence-electron chi connectivity index (χ2n) is 6.07. The lowest BCUT2D eigenvalue weighted by Gasteiger charge is -2.33. The normalized spacial score (nSPS) is 14.3. The van der Waals surface area contributed by atoms with E-state index >= 15 is 0 Å². The Morgan fingerprint density at radius 3 is 2.36 bits per heavy atom. The zero-order chi connectivity index (χ0) is 15.1. The predicted molar refractivity (Wildman–Crippen MR) is 93.5 cm³/mol. The van der Waals surface area contributed by atoms with Crippen LogP contribution in [0.15, 0.2) is 30.3 Å². The fourth-order valence-electron chi connectivity index (χ4n) is 2.49. The number of carbonyl (C=O) groups excluding carboxylic acids is 1. The summed E-state index contributed by atoms with van der Waals surface area (Å²) in [6.45, 7) is 4.30. The van der Waals surface area contributed by atoms with Gasteiger partial charge >= 0.3 is 0 Å². The van der Waals surface area contributed by atoms with E-state index in [0.717, 1.165) is 45.6 Å². The number of rotatable bonds is 8. The summed E-state index contributed by atoms with van der Waals surface area (Å²) in [5.74, 6) is 0.521. The molecule has 1 aliphatic heterocycles. The largest absolute Gasteiger partial charge is 0.341 e. The minimum absolute atomic E-state index is 0. The Hall–Kier alpha value is -1.10. The Bertz CT molecular complexity index is 435. The van der Waals surface area contributed by atoms with Gasteiger partial charge in [-0.3, -0.25) is 4.79 Å². The molecule has 1 heterocycles. The van der Waals surface area contributed by atoms with Gasteiger partial charge in [-0.1, -0.05) is 30.3 Å². The van der Waals surface area contributed by atoms with Crippen molar-refractivity contribution in [3.8, 4) is 0 Å². The highest BCUT2D eigenvalue weighted by atomic mass is 35.5. The van der Waals surface area contributed by atoms with Gasteiger partial charge in [0.05, 0.1) is 5.92 Å². The molecular formula is C17H28ClN3O. The molecule has 0 aromatic heterocycles. The summed E-state index contributed by atoms with van der Waals surface area (Å²) in [7, 11) is 4.11. The molecule has 0 bridgehead atoms. The topological polar surface area (TPSA) is 35.6 Å². The first-order valence-electron chi connectivity index (χ1n) is 7.85. The van der Waals surface area contributed by atoms with Gasteiger partial charge in [0.25, 0.3) is 0 Å². The van der Waals surface area contributed by atoms with Crippen LogP contribution in [0.4, 0.5) is 0 Å². The van der Waals surface area contributed by atoms with Crippen molar-refractivity contribution in [1.29, 1.82) is 0 Å². The molecule has 0 saturated carbocycles. The molecule has 1 aliphatic rings. The third-order valence-electron chi connectivity index (χ3n) is 4.00. The molecule has 1 saturated heterocycles. The molecule has 1 aromatic rings. The zero-order valence-corrected chi connectivity index (χ0v) is 14.4. The van der Waals surface area contributed by atoms with E-state index in [4.69, 9.17) is 0 Å². The SMILES string of the molecule is CN(C)CCN(CCCc1ccccc1)C(=O)C1CNC1.Cl. The lowest BCUT2D eigenvalue weighted by Crippen LogP contribution is -2.53. The second-order valence-corrected chi connectivity index (χ2v) is 6.07. The quantitative estimate of drug-likeness (QED) is 0.789. The number of hydrogen-bond acceptors (Lipinski definition) is 3. The smallest absolute Gasteiger partial charge is 0.228 e. The minimum atomic E-state index is 0. The highest BCUT2D eigenvalue weighted by Crippen LogP contribution is 2.10. The fourth-order valence-corrected chi connectivity index (χ4v) is 2.49. The molecule has 1 amide bonds. The molecule has 1 aromatic carbocycles. The molecule has 0 aliphatic carbocycles. The van der Waals surface area contributed by atoms with Crippen LogP contribution in [0.2, 0.25) is 0 Å². The van der Waals surface area contributed by atoms with Crippen LogP contribution in [0.5, 0.6) is 0 Å². The molecule has 1 N–H and O–H groups in total. The van der Waals surface area contributed by atoms with E-state index < -0.39 is 0 Å². The van der Waals surface area contributed by atoms with Crippen molar-refractivity contribution < 1.29 is 4.79 Å². The fraction of sp³-hybridized carbons (Fsp3) is 0.588. The van der Waals surface area contributed by atoms with Gasteiger partial charge in [-0.25, -0.2) is 0 Å². The minimum Gasteiger partial charge on any atom is -0.341 e. The molecule has 0 unspecified atom stereocenters. The number of nitrogens with zero attached hydrogens (tertiary/aromatic N) is 2. The van der Waals surface area contributed by atoms with Gasteiger partial charge in [0, 0.05) is 32.7 Å². The Kier molecular flexibility index (Phi) is 8.46. The van der Waals surface area contributed by atoms with Crippen LogP contribution in [0.3, 0.4) is 0 Å². The van der Waals surface area contributed by atoms with Crippen LogP contribution >= 0.6 is 12.4 Å².